The lowest BCUT2D eigenvalue weighted by molar-refractivity contribution is 0.125. The van der Waals surface area contributed by atoms with Crippen molar-refractivity contribution in [3.8, 4) is 11.5 Å². The molecule has 0 radical (unpaired) electrons. The fourth-order valence-electron chi connectivity index (χ4n) is 3.83. The summed E-state index contributed by atoms with van der Waals surface area (Å²) in [5.41, 5.74) is 11.0. The molecule has 1 aliphatic heterocycles. The van der Waals surface area contributed by atoms with Gasteiger partial charge in [0.15, 0.2) is 0 Å². The Labute approximate surface area is 207 Å². The van der Waals surface area contributed by atoms with Crippen LogP contribution in [0.2, 0.25) is 0 Å². The smallest absolute Gasteiger partial charge is 0.122 e. The number of hydrogen-bond donors (Lipinski definition) is 4. The Morgan fingerprint density at radius 2 is 1.76 bits per heavy atom. The summed E-state index contributed by atoms with van der Waals surface area (Å²) in [6, 6.07) is 14.4. The van der Waals surface area contributed by atoms with Gasteiger partial charge < -0.3 is 25.1 Å². The highest BCUT2D eigenvalue weighted by molar-refractivity contribution is 6.18. The van der Waals surface area contributed by atoms with Gasteiger partial charge in [0.2, 0.25) is 0 Å². The maximum atomic E-state index is 9.63. The molecule has 1 unspecified atom stereocenters. The predicted molar refractivity (Wildman–Crippen MR) is 135 cm³/mol. The minimum atomic E-state index is -0.674. The second-order valence-corrected chi connectivity index (χ2v) is 9.37. The first kappa shape index (κ1) is 26.2. The number of benzene rings is 2. The highest BCUT2D eigenvalue weighted by atomic mass is 35.5. The van der Waals surface area contributed by atoms with Gasteiger partial charge in [-0.15, -0.1) is 17.1 Å². The van der Waals surface area contributed by atoms with Crippen molar-refractivity contribution >= 4 is 11.6 Å². The third-order valence-corrected chi connectivity index (χ3v) is 6.57. The third kappa shape index (κ3) is 6.36. The van der Waals surface area contributed by atoms with Crippen molar-refractivity contribution in [2.45, 2.75) is 45.6 Å². The number of ether oxygens (including phenoxy) is 2. The van der Waals surface area contributed by atoms with E-state index >= 15 is 0 Å². The zero-order chi connectivity index (χ0) is 24.7. The maximum Gasteiger partial charge on any atom is 0.122 e. The molecule has 2 aromatic carbocycles. The summed E-state index contributed by atoms with van der Waals surface area (Å²) in [5, 5.41) is 20.9. The van der Waals surface area contributed by atoms with Gasteiger partial charge in [-0.05, 0) is 48.7 Å². The van der Waals surface area contributed by atoms with Crippen molar-refractivity contribution in [1.82, 2.24) is 16.0 Å². The van der Waals surface area contributed by atoms with Crippen LogP contribution < -0.4 is 20.4 Å². The fraction of sp³-hybridized carbons (Fsp3) is 0.462. The Hall–Kier alpha value is -2.45. The number of nitrogens with zero attached hydrogens (tertiary/aromatic N) is 1. The molecule has 0 saturated heterocycles. The van der Waals surface area contributed by atoms with Gasteiger partial charge in [0, 0.05) is 18.4 Å². The molecule has 0 saturated carbocycles. The Kier molecular flexibility index (Phi) is 9.08. The first-order chi connectivity index (χ1) is 16.3. The van der Waals surface area contributed by atoms with Gasteiger partial charge in [-0.3, -0.25) is 5.01 Å². The van der Waals surface area contributed by atoms with Crippen molar-refractivity contribution in [3.63, 3.8) is 0 Å². The molecule has 0 aromatic heterocycles. The van der Waals surface area contributed by atoms with Crippen LogP contribution in [0.5, 0.6) is 11.5 Å². The molecule has 0 aliphatic carbocycles. The summed E-state index contributed by atoms with van der Waals surface area (Å²) < 4.78 is 11.6. The Bertz CT molecular complexity index is 979. The van der Waals surface area contributed by atoms with Crippen LogP contribution in [0.3, 0.4) is 0 Å². The second-order valence-electron chi connectivity index (χ2n) is 9.06. The molecular formula is C26H36ClN3O4. The van der Waals surface area contributed by atoms with E-state index < -0.39 is 6.10 Å². The molecule has 1 heterocycles. The van der Waals surface area contributed by atoms with Gasteiger partial charge in [0.05, 0.1) is 30.5 Å². The van der Waals surface area contributed by atoms with E-state index in [-0.39, 0.29) is 24.5 Å². The van der Waals surface area contributed by atoms with E-state index in [1.165, 1.54) is 11.1 Å². The molecule has 0 amide bonds. The maximum absolute atomic E-state index is 9.63. The minimum Gasteiger partial charge on any atom is -0.494 e. The molecule has 4 N–H and O–H groups in total. The van der Waals surface area contributed by atoms with E-state index in [1.807, 2.05) is 37.1 Å². The number of alkyl halides is 1. The van der Waals surface area contributed by atoms with Crippen LogP contribution >= 0.6 is 11.6 Å². The topological polar surface area (TPSA) is 86.2 Å². The highest BCUT2D eigenvalue weighted by Gasteiger charge is 2.24. The van der Waals surface area contributed by atoms with E-state index in [9.17, 15) is 10.2 Å². The molecule has 186 valence electrons. The molecule has 0 fully saturated rings. The summed E-state index contributed by atoms with van der Waals surface area (Å²) in [6.07, 6.45) is 0.167. The molecule has 8 heteroatoms. The van der Waals surface area contributed by atoms with Gasteiger partial charge in [-0.1, -0.05) is 38.1 Å². The van der Waals surface area contributed by atoms with Gasteiger partial charge in [-0.25, -0.2) is 0 Å². The molecule has 1 aliphatic rings. The van der Waals surface area contributed by atoms with Crippen LogP contribution in [-0.4, -0.2) is 53.6 Å². The molecule has 1 atom stereocenters. The summed E-state index contributed by atoms with van der Waals surface area (Å²) >= 11 is 5.64. The zero-order valence-corrected chi connectivity index (χ0v) is 21.2. The van der Waals surface area contributed by atoms with Gasteiger partial charge >= 0.3 is 0 Å². The number of aryl methyl sites for hydroxylation is 1. The number of aliphatic hydroxyl groups is 2. The van der Waals surface area contributed by atoms with E-state index in [0.717, 1.165) is 41.4 Å². The lowest BCUT2D eigenvalue weighted by Crippen LogP contribution is -2.38. The average molecular weight is 490 g/mol. The average Bonchev–Trinajstić information content (AvgIpc) is 3.20. The number of hydrazine groups is 2. The van der Waals surface area contributed by atoms with Crippen LogP contribution in [0.4, 0.5) is 0 Å². The number of allylic oxidation sites excluding steroid dienone is 1. The van der Waals surface area contributed by atoms with Crippen LogP contribution in [0, 0.1) is 6.92 Å². The zero-order valence-electron chi connectivity index (χ0n) is 20.4. The monoisotopic (exact) mass is 489 g/mol. The summed E-state index contributed by atoms with van der Waals surface area (Å²) in [7, 11) is 0. The summed E-state index contributed by atoms with van der Waals surface area (Å²) in [4.78, 5) is 0. The van der Waals surface area contributed by atoms with E-state index in [0.29, 0.717) is 6.61 Å². The standard InChI is InChI=1S/C26H36ClN3O4/c1-18-14-21(8-11-25(18)34-17-22(32)15-27)26(3,4)20-6-9-23(10-7-20)33-13-5-12-30-19(2)24(16-31)28-29-30/h6-11,14,22,28-29,31-32H,5,12-13,15-17H2,1-4H3. The molecule has 34 heavy (non-hydrogen) atoms. The van der Waals surface area contributed by atoms with Crippen molar-refractivity contribution in [2.24, 2.45) is 0 Å². The SMILES string of the molecule is CC1=C(CO)NNN1CCCOc1ccc(C(C)(C)c2ccc(OCC(O)CCl)c(C)c2)cc1. The molecule has 3 rings (SSSR count). The van der Waals surface area contributed by atoms with Crippen molar-refractivity contribution in [2.75, 3.05) is 32.2 Å². The molecule has 2 aromatic rings. The molecule has 7 nitrogen and oxygen atoms in total. The number of rotatable bonds is 12. The second kappa shape index (κ2) is 11.8. The van der Waals surface area contributed by atoms with Crippen molar-refractivity contribution in [1.29, 1.82) is 0 Å². The number of nitrogens with one attached hydrogen (secondary N) is 2. The normalized spacial score (nSPS) is 14.9. The highest BCUT2D eigenvalue weighted by Crippen LogP contribution is 2.34. The number of hydrogen-bond acceptors (Lipinski definition) is 7. The Morgan fingerprint density at radius 3 is 2.38 bits per heavy atom. The Morgan fingerprint density at radius 1 is 1.06 bits per heavy atom. The number of halogens is 1. The Balaban J connectivity index is 1.55. The lowest BCUT2D eigenvalue weighted by Gasteiger charge is -2.27. The van der Waals surface area contributed by atoms with Gasteiger partial charge in [0.1, 0.15) is 24.2 Å². The van der Waals surface area contributed by atoms with E-state index in [4.69, 9.17) is 21.1 Å². The van der Waals surface area contributed by atoms with Crippen LogP contribution in [-0.2, 0) is 5.41 Å². The third-order valence-electron chi connectivity index (χ3n) is 6.22. The number of aliphatic hydroxyl groups excluding tert-OH is 2. The van der Waals surface area contributed by atoms with Crippen molar-refractivity contribution < 1.29 is 19.7 Å². The summed E-state index contributed by atoms with van der Waals surface area (Å²) in [5.74, 6) is 1.75. The molecule has 0 spiro atoms. The predicted octanol–water partition coefficient (Wildman–Crippen LogP) is 3.62. The molecule has 0 bridgehead atoms. The van der Waals surface area contributed by atoms with Crippen LogP contribution in [0.15, 0.2) is 53.9 Å². The lowest BCUT2D eigenvalue weighted by atomic mass is 9.77. The van der Waals surface area contributed by atoms with Crippen molar-refractivity contribution in [3.05, 3.63) is 70.5 Å². The van der Waals surface area contributed by atoms with Crippen LogP contribution in [0.1, 0.15) is 43.9 Å². The van der Waals surface area contributed by atoms with Gasteiger partial charge in [0.25, 0.3) is 0 Å². The van der Waals surface area contributed by atoms with Gasteiger partial charge in [-0.2, -0.15) is 0 Å². The van der Waals surface area contributed by atoms with E-state index in [2.05, 4.69) is 49.1 Å². The summed E-state index contributed by atoms with van der Waals surface area (Å²) in [6.45, 7) is 9.91. The molecular weight excluding hydrogens is 454 g/mol. The van der Waals surface area contributed by atoms with Crippen LogP contribution in [0.25, 0.3) is 0 Å². The fourth-order valence-corrected chi connectivity index (χ4v) is 3.92. The minimum absolute atomic E-state index is 0.00921. The largest absolute Gasteiger partial charge is 0.494 e. The quantitative estimate of drug-likeness (QED) is 0.267. The van der Waals surface area contributed by atoms with E-state index in [1.54, 1.807) is 0 Å². The first-order valence-corrected chi connectivity index (χ1v) is 12.1. The first-order valence-electron chi connectivity index (χ1n) is 11.6.